The number of carboxylic acids is 1. The first kappa shape index (κ1) is 12.6. The van der Waals surface area contributed by atoms with Crippen LogP contribution in [-0.4, -0.2) is 18.1 Å². The topological polar surface area (TPSA) is 49.3 Å². The zero-order chi connectivity index (χ0) is 13.3. The van der Waals surface area contributed by atoms with Crippen molar-refractivity contribution in [3.63, 3.8) is 0 Å². The Labute approximate surface area is 108 Å². The molecule has 0 aliphatic rings. The van der Waals surface area contributed by atoms with Crippen molar-refractivity contribution in [2.45, 2.75) is 6.92 Å². The van der Waals surface area contributed by atoms with Crippen LogP contribution in [0.25, 0.3) is 11.1 Å². The third-order valence-corrected chi connectivity index (χ3v) is 3.64. The summed E-state index contributed by atoms with van der Waals surface area (Å²) in [5.74, 6) is -1.46. The van der Waals surface area contributed by atoms with Crippen LogP contribution in [-0.2, 0) is 0 Å². The normalized spacial score (nSPS) is 10.4. The lowest BCUT2D eigenvalue weighted by Gasteiger charge is -2.05. The molecular formula is C13H12FNO2S. The molecule has 0 saturated heterocycles. The molecule has 94 valence electrons. The molecule has 0 aliphatic carbocycles. The van der Waals surface area contributed by atoms with E-state index in [-0.39, 0.29) is 5.56 Å². The largest absolute Gasteiger partial charge is 0.478 e. The van der Waals surface area contributed by atoms with Gasteiger partial charge in [-0.25, -0.2) is 9.18 Å². The van der Waals surface area contributed by atoms with Crippen molar-refractivity contribution in [2.24, 2.45) is 0 Å². The molecule has 2 N–H and O–H groups in total. The summed E-state index contributed by atoms with van der Waals surface area (Å²) in [6.45, 7) is 1.79. The number of carboxylic acid groups (broad SMARTS) is 1. The fourth-order valence-electron chi connectivity index (χ4n) is 1.79. The first-order valence-electron chi connectivity index (χ1n) is 5.33. The Kier molecular flexibility index (Phi) is 3.34. The number of rotatable bonds is 3. The van der Waals surface area contributed by atoms with Gasteiger partial charge in [0.15, 0.2) is 0 Å². The number of aryl methyl sites for hydroxylation is 1. The van der Waals surface area contributed by atoms with Crippen molar-refractivity contribution in [1.82, 2.24) is 0 Å². The second-order valence-electron chi connectivity index (χ2n) is 3.89. The predicted octanol–water partition coefficient (Wildman–Crippen LogP) is 3.60. The molecule has 1 heterocycles. The van der Waals surface area contributed by atoms with Gasteiger partial charge in [-0.1, -0.05) is 12.1 Å². The highest BCUT2D eigenvalue weighted by molar-refractivity contribution is 7.15. The van der Waals surface area contributed by atoms with Gasteiger partial charge in [-0.2, -0.15) is 0 Å². The molecule has 2 aromatic rings. The van der Waals surface area contributed by atoms with Gasteiger partial charge in [-0.05, 0) is 18.6 Å². The van der Waals surface area contributed by atoms with E-state index in [2.05, 4.69) is 5.32 Å². The average Bonchev–Trinajstić information content (AvgIpc) is 2.72. The summed E-state index contributed by atoms with van der Waals surface area (Å²) >= 11 is 1.25. The second-order valence-corrected chi connectivity index (χ2v) is 4.77. The summed E-state index contributed by atoms with van der Waals surface area (Å²) < 4.78 is 13.9. The molecule has 0 atom stereocenters. The van der Waals surface area contributed by atoms with Gasteiger partial charge in [0.05, 0.1) is 0 Å². The number of nitrogens with one attached hydrogen (secondary N) is 1. The van der Waals surface area contributed by atoms with E-state index in [9.17, 15) is 14.3 Å². The molecule has 0 unspecified atom stereocenters. The maximum atomic E-state index is 13.9. The van der Waals surface area contributed by atoms with E-state index in [1.54, 1.807) is 31.5 Å². The first-order chi connectivity index (χ1) is 8.54. The van der Waals surface area contributed by atoms with Crippen LogP contribution in [0.3, 0.4) is 0 Å². The summed E-state index contributed by atoms with van der Waals surface area (Å²) in [5.41, 5.74) is 1.65. The SMILES string of the molecule is CNc1scc(-c2ccc(C)cc2F)c1C(=O)O. The van der Waals surface area contributed by atoms with Crippen LogP contribution in [0, 0.1) is 12.7 Å². The molecule has 0 bridgehead atoms. The van der Waals surface area contributed by atoms with E-state index in [4.69, 9.17) is 0 Å². The van der Waals surface area contributed by atoms with Crippen molar-refractivity contribution >= 4 is 22.3 Å². The maximum absolute atomic E-state index is 13.9. The van der Waals surface area contributed by atoms with Crippen LogP contribution in [0.1, 0.15) is 15.9 Å². The maximum Gasteiger partial charge on any atom is 0.339 e. The molecule has 0 saturated carbocycles. The van der Waals surface area contributed by atoms with Crippen molar-refractivity contribution in [3.05, 3.63) is 40.5 Å². The second kappa shape index (κ2) is 4.78. The third kappa shape index (κ3) is 2.09. The molecule has 0 aliphatic heterocycles. The van der Waals surface area contributed by atoms with Crippen LogP contribution < -0.4 is 5.32 Å². The zero-order valence-electron chi connectivity index (χ0n) is 9.95. The summed E-state index contributed by atoms with van der Waals surface area (Å²) in [6, 6.07) is 4.77. The Balaban J connectivity index is 2.64. The van der Waals surface area contributed by atoms with Gasteiger partial charge >= 0.3 is 5.97 Å². The molecule has 5 heteroatoms. The van der Waals surface area contributed by atoms with E-state index in [0.29, 0.717) is 16.1 Å². The first-order valence-corrected chi connectivity index (χ1v) is 6.21. The Morgan fingerprint density at radius 3 is 2.67 bits per heavy atom. The van der Waals surface area contributed by atoms with Gasteiger partial charge in [0.1, 0.15) is 16.4 Å². The fourth-order valence-corrected chi connectivity index (χ4v) is 2.70. The van der Waals surface area contributed by atoms with Gasteiger partial charge in [0.2, 0.25) is 0 Å². The molecule has 1 aromatic heterocycles. The number of hydrogen-bond acceptors (Lipinski definition) is 3. The van der Waals surface area contributed by atoms with Gasteiger partial charge in [-0.3, -0.25) is 0 Å². The number of aromatic carboxylic acids is 1. The minimum absolute atomic E-state index is 0.116. The monoisotopic (exact) mass is 265 g/mol. The average molecular weight is 265 g/mol. The standard InChI is InChI=1S/C13H12FNO2S/c1-7-3-4-8(10(14)5-7)9-6-18-12(15-2)11(9)13(16)17/h3-6,15H,1-2H3,(H,16,17). The van der Waals surface area contributed by atoms with Crippen molar-refractivity contribution in [2.75, 3.05) is 12.4 Å². The molecule has 0 fully saturated rings. The van der Waals surface area contributed by atoms with Crippen LogP contribution in [0.15, 0.2) is 23.6 Å². The number of thiophene rings is 1. The smallest absolute Gasteiger partial charge is 0.339 e. The number of carbonyl (C=O) groups is 1. The van der Waals surface area contributed by atoms with E-state index in [1.807, 2.05) is 0 Å². The van der Waals surface area contributed by atoms with Crippen LogP contribution >= 0.6 is 11.3 Å². The minimum atomic E-state index is -1.06. The molecule has 18 heavy (non-hydrogen) atoms. The molecule has 2 rings (SSSR count). The van der Waals surface area contributed by atoms with E-state index in [1.165, 1.54) is 17.4 Å². The lowest BCUT2D eigenvalue weighted by atomic mass is 10.0. The van der Waals surface area contributed by atoms with Gasteiger partial charge < -0.3 is 10.4 Å². The Morgan fingerprint density at radius 1 is 1.39 bits per heavy atom. The number of hydrogen-bond donors (Lipinski definition) is 2. The Bertz CT molecular complexity index is 607. The molecule has 1 aromatic carbocycles. The summed E-state index contributed by atoms with van der Waals surface area (Å²) in [6.07, 6.45) is 0. The van der Waals surface area contributed by atoms with Gasteiger partial charge in [0, 0.05) is 23.6 Å². The minimum Gasteiger partial charge on any atom is -0.478 e. The zero-order valence-corrected chi connectivity index (χ0v) is 10.8. The number of anilines is 1. The highest BCUT2D eigenvalue weighted by Gasteiger charge is 2.20. The molecule has 0 spiro atoms. The van der Waals surface area contributed by atoms with E-state index < -0.39 is 11.8 Å². The highest BCUT2D eigenvalue weighted by atomic mass is 32.1. The molecule has 0 radical (unpaired) electrons. The Hall–Kier alpha value is -1.88. The number of halogens is 1. The lowest BCUT2D eigenvalue weighted by Crippen LogP contribution is -2.01. The van der Waals surface area contributed by atoms with Crippen molar-refractivity contribution in [1.29, 1.82) is 0 Å². The fraction of sp³-hybridized carbons (Fsp3) is 0.154. The number of benzene rings is 1. The van der Waals surface area contributed by atoms with Crippen LogP contribution in [0.5, 0.6) is 0 Å². The summed E-state index contributed by atoms with van der Waals surface area (Å²) in [5, 5.41) is 14.2. The van der Waals surface area contributed by atoms with Gasteiger partial charge in [-0.15, -0.1) is 11.3 Å². The van der Waals surface area contributed by atoms with Crippen LogP contribution in [0.4, 0.5) is 9.39 Å². The lowest BCUT2D eigenvalue weighted by molar-refractivity contribution is 0.0699. The molecular weight excluding hydrogens is 253 g/mol. The van der Waals surface area contributed by atoms with Crippen molar-refractivity contribution < 1.29 is 14.3 Å². The summed E-state index contributed by atoms with van der Waals surface area (Å²) in [7, 11) is 1.65. The van der Waals surface area contributed by atoms with E-state index >= 15 is 0 Å². The van der Waals surface area contributed by atoms with Crippen molar-refractivity contribution in [3.8, 4) is 11.1 Å². The van der Waals surface area contributed by atoms with Gasteiger partial charge in [0.25, 0.3) is 0 Å². The molecule has 0 amide bonds. The third-order valence-electron chi connectivity index (χ3n) is 2.65. The van der Waals surface area contributed by atoms with Crippen LogP contribution in [0.2, 0.25) is 0 Å². The highest BCUT2D eigenvalue weighted by Crippen LogP contribution is 2.36. The molecule has 3 nitrogen and oxygen atoms in total. The predicted molar refractivity (Wildman–Crippen MR) is 71.0 cm³/mol. The Morgan fingerprint density at radius 2 is 2.11 bits per heavy atom. The van der Waals surface area contributed by atoms with E-state index in [0.717, 1.165) is 5.56 Å². The quantitative estimate of drug-likeness (QED) is 0.891. The summed E-state index contributed by atoms with van der Waals surface area (Å²) in [4.78, 5) is 11.3.